The van der Waals surface area contributed by atoms with Gasteiger partial charge in [-0.2, -0.15) is 0 Å². The molecule has 1 rings (SSSR count). The third kappa shape index (κ3) is 9.04. The van der Waals surface area contributed by atoms with Gasteiger partial charge in [-0.25, -0.2) is 4.79 Å². The Morgan fingerprint density at radius 2 is 1.93 bits per heavy atom. The third-order valence-electron chi connectivity index (χ3n) is 3.82. The van der Waals surface area contributed by atoms with Gasteiger partial charge in [-0.1, -0.05) is 13.8 Å². The van der Waals surface area contributed by atoms with E-state index in [2.05, 4.69) is 10.6 Å². The predicted octanol–water partition coefficient (Wildman–Crippen LogP) is -0.292. The van der Waals surface area contributed by atoms with E-state index in [0.717, 1.165) is 0 Å². The molecule has 10 heteroatoms. The molecule has 1 fully saturated rings. The summed E-state index contributed by atoms with van der Waals surface area (Å²) in [5.41, 5.74) is 0. The predicted molar refractivity (Wildman–Crippen MR) is 96.2 cm³/mol. The molecule has 0 bridgehead atoms. The zero-order chi connectivity index (χ0) is 20.2. The SMILES string of the molecule is CC(C)C(=O)NCCNC(=O)OCC1CCC(N(C)/C=C\C(=O)NC=O)O1. The largest absolute Gasteiger partial charge is 0.447 e. The molecule has 0 radical (unpaired) electrons. The highest BCUT2D eigenvalue weighted by Gasteiger charge is 2.28. The summed E-state index contributed by atoms with van der Waals surface area (Å²) in [6.45, 7) is 4.31. The zero-order valence-electron chi connectivity index (χ0n) is 15.9. The van der Waals surface area contributed by atoms with Crippen LogP contribution in [0.2, 0.25) is 0 Å². The maximum atomic E-state index is 11.6. The van der Waals surface area contributed by atoms with Gasteiger partial charge in [-0.05, 0) is 12.8 Å². The fourth-order valence-corrected chi connectivity index (χ4v) is 2.27. The molecule has 1 heterocycles. The van der Waals surface area contributed by atoms with Crippen LogP contribution in [0, 0.1) is 5.92 Å². The molecule has 1 saturated heterocycles. The summed E-state index contributed by atoms with van der Waals surface area (Å²) in [4.78, 5) is 46.1. The van der Waals surface area contributed by atoms with E-state index in [1.54, 1.807) is 25.8 Å². The van der Waals surface area contributed by atoms with E-state index < -0.39 is 12.0 Å². The van der Waals surface area contributed by atoms with Crippen molar-refractivity contribution in [3.63, 3.8) is 0 Å². The quantitative estimate of drug-likeness (QED) is 0.268. The van der Waals surface area contributed by atoms with Crippen molar-refractivity contribution in [1.29, 1.82) is 0 Å². The van der Waals surface area contributed by atoms with Crippen molar-refractivity contribution in [2.24, 2.45) is 5.92 Å². The number of carbonyl (C=O) groups is 4. The standard InChI is InChI=1S/C17H28N4O6/c1-12(2)16(24)18-7-8-19-17(25)26-10-13-4-5-15(27-13)21(3)9-6-14(23)20-11-22/h6,9,11-13,15H,4-5,7-8,10H2,1-3H3,(H,18,24)(H,19,25)(H,20,22,23)/b9-6-. The number of alkyl carbamates (subject to hydrolysis) is 1. The van der Waals surface area contributed by atoms with E-state index in [1.807, 2.05) is 5.32 Å². The Bertz CT molecular complexity index is 552. The molecule has 0 aromatic heterocycles. The Morgan fingerprint density at radius 1 is 1.22 bits per heavy atom. The number of imide groups is 1. The molecule has 27 heavy (non-hydrogen) atoms. The van der Waals surface area contributed by atoms with Crippen molar-refractivity contribution in [3.05, 3.63) is 12.3 Å². The van der Waals surface area contributed by atoms with E-state index in [0.29, 0.717) is 25.8 Å². The van der Waals surface area contributed by atoms with E-state index >= 15 is 0 Å². The number of hydrogen-bond donors (Lipinski definition) is 3. The molecule has 0 saturated carbocycles. The average Bonchev–Trinajstić information content (AvgIpc) is 3.10. The minimum absolute atomic E-state index is 0.0719. The molecule has 2 atom stereocenters. The summed E-state index contributed by atoms with van der Waals surface area (Å²) >= 11 is 0. The van der Waals surface area contributed by atoms with Crippen LogP contribution in [0.3, 0.4) is 0 Å². The second-order valence-electron chi connectivity index (χ2n) is 6.37. The molecule has 2 unspecified atom stereocenters. The lowest BCUT2D eigenvalue weighted by Crippen LogP contribution is -2.37. The lowest BCUT2D eigenvalue weighted by molar-refractivity contribution is -0.124. The first-order valence-electron chi connectivity index (χ1n) is 8.81. The highest BCUT2D eigenvalue weighted by molar-refractivity contribution is 5.94. The summed E-state index contributed by atoms with van der Waals surface area (Å²) < 4.78 is 10.9. The van der Waals surface area contributed by atoms with Crippen LogP contribution in [0.4, 0.5) is 4.79 Å². The first-order valence-corrected chi connectivity index (χ1v) is 8.81. The smallest absolute Gasteiger partial charge is 0.407 e. The van der Waals surface area contributed by atoms with Crippen LogP contribution in [-0.2, 0) is 23.9 Å². The monoisotopic (exact) mass is 384 g/mol. The Balaban J connectivity index is 2.19. The molecular weight excluding hydrogens is 356 g/mol. The van der Waals surface area contributed by atoms with Crippen LogP contribution in [-0.4, -0.2) is 68.3 Å². The van der Waals surface area contributed by atoms with Crippen molar-refractivity contribution in [3.8, 4) is 0 Å². The number of nitrogens with zero attached hydrogens (tertiary/aromatic N) is 1. The first kappa shape index (κ1) is 22.4. The molecular formula is C17H28N4O6. The van der Waals surface area contributed by atoms with E-state index in [4.69, 9.17) is 9.47 Å². The van der Waals surface area contributed by atoms with Gasteiger partial charge in [0, 0.05) is 38.3 Å². The number of ether oxygens (including phenoxy) is 2. The summed E-state index contributed by atoms with van der Waals surface area (Å²) in [7, 11) is 1.75. The topological polar surface area (TPSA) is 126 Å². The van der Waals surface area contributed by atoms with Crippen molar-refractivity contribution < 1.29 is 28.7 Å². The lowest BCUT2D eigenvalue weighted by Gasteiger charge is -2.22. The minimum atomic E-state index is -0.570. The summed E-state index contributed by atoms with van der Waals surface area (Å²) in [5.74, 6) is -0.690. The molecule has 1 aliphatic heterocycles. The van der Waals surface area contributed by atoms with Gasteiger partial charge in [-0.3, -0.25) is 19.7 Å². The minimum Gasteiger partial charge on any atom is -0.447 e. The molecule has 10 nitrogen and oxygen atoms in total. The molecule has 0 aromatic rings. The average molecular weight is 384 g/mol. The normalized spacial score (nSPS) is 19.0. The second kappa shape index (κ2) is 11.9. The fraction of sp³-hybridized carbons (Fsp3) is 0.647. The van der Waals surface area contributed by atoms with Crippen LogP contribution in [0.5, 0.6) is 0 Å². The second-order valence-corrected chi connectivity index (χ2v) is 6.37. The van der Waals surface area contributed by atoms with Crippen LogP contribution >= 0.6 is 0 Å². The summed E-state index contributed by atoms with van der Waals surface area (Å²) in [5, 5.41) is 7.24. The van der Waals surface area contributed by atoms with Crippen molar-refractivity contribution in [2.75, 3.05) is 26.7 Å². The van der Waals surface area contributed by atoms with E-state index in [9.17, 15) is 19.2 Å². The maximum absolute atomic E-state index is 11.6. The van der Waals surface area contributed by atoms with Crippen molar-refractivity contribution >= 4 is 24.3 Å². The molecule has 0 spiro atoms. The Hall–Kier alpha value is -2.62. The van der Waals surface area contributed by atoms with Gasteiger partial charge >= 0.3 is 6.09 Å². The summed E-state index contributed by atoms with van der Waals surface area (Å²) in [6.07, 6.45) is 3.44. The van der Waals surface area contributed by atoms with E-state index in [1.165, 1.54) is 12.3 Å². The maximum Gasteiger partial charge on any atom is 0.407 e. The third-order valence-corrected chi connectivity index (χ3v) is 3.82. The van der Waals surface area contributed by atoms with Gasteiger partial charge in [-0.15, -0.1) is 0 Å². The Morgan fingerprint density at radius 3 is 2.59 bits per heavy atom. The molecule has 0 aliphatic carbocycles. The lowest BCUT2D eigenvalue weighted by atomic mass is 10.2. The van der Waals surface area contributed by atoms with Gasteiger partial charge in [0.1, 0.15) is 12.8 Å². The van der Waals surface area contributed by atoms with Crippen LogP contribution < -0.4 is 16.0 Å². The van der Waals surface area contributed by atoms with Gasteiger partial charge in [0.05, 0.1) is 6.10 Å². The van der Waals surface area contributed by atoms with Crippen LogP contribution in [0.25, 0.3) is 0 Å². The van der Waals surface area contributed by atoms with Gasteiger partial charge in [0.15, 0.2) is 0 Å². The first-order chi connectivity index (χ1) is 12.8. The van der Waals surface area contributed by atoms with Crippen LogP contribution in [0.1, 0.15) is 26.7 Å². The fourth-order valence-electron chi connectivity index (χ4n) is 2.27. The highest BCUT2D eigenvalue weighted by atomic mass is 16.6. The van der Waals surface area contributed by atoms with Gasteiger partial charge in [0.2, 0.25) is 12.3 Å². The summed E-state index contributed by atoms with van der Waals surface area (Å²) in [6, 6.07) is 0. The van der Waals surface area contributed by atoms with Crippen LogP contribution in [0.15, 0.2) is 12.3 Å². The Kier molecular flexibility index (Phi) is 9.88. The Labute approximate surface area is 158 Å². The number of carbonyl (C=O) groups excluding carboxylic acids is 4. The number of rotatable bonds is 10. The van der Waals surface area contributed by atoms with Gasteiger partial charge < -0.3 is 25.0 Å². The molecule has 3 N–H and O–H groups in total. The van der Waals surface area contributed by atoms with Gasteiger partial charge in [0.25, 0.3) is 5.91 Å². The van der Waals surface area contributed by atoms with Crippen molar-refractivity contribution in [1.82, 2.24) is 20.9 Å². The highest BCUT2D eigenvalue weighted by Crippen LogP contribution is 2.22. The van der Waals surface area contributed by atoms with E-state index in [-0.39, 0.29) is 37.3 Å². The molecule has 152 valence electrons. The zero-order valence-corrected chi connectivity index (χ0v) is 15.9. The molecule has 0 aromatic carbocycles. The molecule has 4 amide bonds. The number of amides is 4. The number of nitrogens with one attached hydrogen (secondary N) is 3. The number of hydrogen-bond acceptors (Lipinski definition) is 7. The molecule has 1 aliphatic rings. The van der Waals surface area contributed by atoms with Crippen molar-refractivity contribution in [2.45, 2.75) is 39.0 Å².